The molecule has 0 spiro atoms. The second-order valence-electron chi connectivity index (χ2n) is 7.88. The maximum atomic E-state index is 13.6. The molecule has 1 unspecified atom stereocenters. The first-order valence-electron chi connectivity index (χ1n) is 11.0. The smallest absolute Gasteiger partial charge is 0.151 e. The molecule has 0 fully saturated rings. The van der Waals surface area contributed by atoms with Gasteiger partial charge in [-0.1, -0.05) is 6.07 Å². The van der Waals surface area contributed by atoms with Gasteiger partial charge >= 0.3 is 0 Å². The number of ether oxygens (including phenoxy) is 2. The SMILES string of the molecule is COc1cc(Oc2ccc(F)c(C)c2)ccc1-c1nccc2cc(S(=O)Nc3ccncn3)ccc12. The Kier molecular flexibility index (Phi) is 6.55. The molecule has 0 aliphatic rings. The number of pyridine rings is 1. The van der Waals surface area contributed by atoms with Crippen molar-refractivity contribution >= 4 is 27.6 Å². The number of hydrogen-bond acceptors (Lipinski definition) is 6. The average Bonchev–Trinajstić information content (AvgIpc) is 2.90. The monoisotopic (exact) mass is 500 g/mol. The van der Waals surface area contributed by atoms with Crippen LogP contribution in [0.3, 0.4) is 0 Å². The van der Waals surface area contributed by atoms with Crippen molar-refractivity contribution in [2.45, 2.75) is 11.8 Å². The maximum Gasteiger partial charge on any atom is 0.151 e. The Labute approximate surface area is 209 Å². The Morgan fingerprint density at radius 2 is 1.75 bits per heavy atom. The highest BCUT2D eigenvalue weighted by Crippen LogP contribution is 2.37. The van der Waals surface area contributed by atoms with Crippen LogP contribution in [0.5, 0.6) is 17.2 Å². The molecule has 0 bridgehead atoms. The molecule has 9 heteroatoms. The Morgan fingerprint density at radius 1 is 0.917 bits per heavy atom. The molecule has 1 atom stereocenters. The highest BCUT2D eigenvalue weighted by molar-refractivity contribution is 7.86. The van der Waals surface area contributed by atoms with E-state index in [2.05, 4.69) is 19.7 Å². The van der Waals surface area contributed by atoms with Crippen molar-refractivity contribution in [1.29, 1.82) is 0 Å². The summed E-state index contributed by atoms with van der Waals surface area (Å²) in [4.78, 5) is 13.1. The normalized spacial score (nSPS) is 11.8. The fraction of sp³-hybridized carbons (Fsp3) is 0.0741. The van der Waals surface area contributed by atoms with Crippen LogP contribution in [0.2, 0.25) is 0 Å². The van der Waals surface area contributed by atoms with Crippen molar-refractivity contribution in [3.05, 3.63) is 96.8 Å². The highest BCUT2D eigenvalue weighted by Gasteiger charge is 2.14. The van der Waals surface area contributed by atoms with E-state index in [9.17, 15) is 8.60 Å². The Hall–Kier alpha value is -4.37. The van der Waals surface area contributed by atoms with E-state index in [0.29, 0.717) is 33.5 Å². The lowest BCUT2D eigenvalue weighted by Crippen LogP contribution is -2.06. The Balaban J connectivity index is 1.46. The van der Waals surface area contributed by atoms with Crippen molar-refractivity contribution in [3.63, 3.8) is 0 Å². The topological polar surface area (TPSA) is 86.2 Å². The zero-order valence-electron chi connectivity index (χ0n) is 19.4. The zero-order chi connectivity index (χ0) is 25.1. The number of fused-ring (bicyclic) bond motifs is 1. The molecule has 2 heterocycles. The molecular formula is C27H21FN4O3S. The molecule has 0 aliphatic heterocycles. The molecule has 5 aromatic rings. The number of anilines is 1. The summed E-state index contributed by atoms with van der Waals surface area (Å²) in [5.74, 6) is 1.85. The molecule has 0 saturated heterocycles. The first-order valence-corrected chi connectivity index (χ1v) is 12.1. The lowest BCUT2D eigenvalue weighted by molar-refractivity contribution is 0.410. The van der Waals surface area contributed by atoms with Crippen LogP contribution < -0.4 is 14.2 Å². The predicted octanol–water partition coefficient (Wildman–Crippen LogP) is 6.07. The van der Waals surface area contributed by atoms with E-state index < -0.39 is 11.0 Å². The van der Waals surface area contributed by atoms with Crippen LogP contribution in [0.1, 0.15) is 5.56 Å². The zero-order valence-corrected chi connectivity index (χ0v) is 20.3. The van der Waals surface area contributed by atoms with Gasteiger partial charge < -0.3 is 9.47 Å². The number of nitrogens with zero attached hydrogens (tertiary/aromatic N) is 3. The summed E-state index contributed by atoms with van der Waals surface area (Å²) in [6.45, 7) is 1.69. The summed E-state index contributed by atoms with van der Waals surface area (Å²) in [5.41, 5.74) is 2.00. The summed E-state index contributed by atoms with van der Waals surface area (Å²) < 4.78 is 40.8. The van der Waals surface area contributed by atoms with Gasteiger partial charge in [0.2, 0.25) is 0 Å². The third-order valence-electron chi connectivity index (χ3n) is 5.52. The number of nitrogens with one attached hydrogen (secondary N) is 1. The van der Waals surface area contributed by atoms with Gasteiger partial charge in [-0.2, -0.15) is 0 Å². The summed E-state index contributed by atoms with van der Waals surface area (Å²) in [6, 6.07) is 19.1. The van der Waals surface area contributed by atoms with Crippen molar-refractivity contribution < 1.29 is 18.1 Å². The van der Waals surface area contributed by atoms with Crippen molar-refractivity contribution in [2.24, 2.45) is 0 Å². The van der Waals surface area contributed by atoms with Gasteiger partial charge in [0.15, 0.2) is 11.0 Å². The van der Waals surface area contributed by atoms with Gasteiger partial charge in [-0.25, -0.2) is 18.6 Å². The van der Waals surface area contributed by atoms with E-state index in [1.807, 2.05) is 30.3 Å². The fourth-order valence-corrected chi connectivity index (χ4v) is 4.59. The van der Waals surface area contributed by atoms with Crippen LogP contribution in [-0.2, 0) is 11.0 Å². The van der Waals surface area contributed by atoms with Gasteiger partial charge in [0.1, 0.15) is 35.2 Å². The third-order valence-corrected chi connectivity index (χ3v) is 6.60. The summed E-state index contributed by atoms with van der Waals surface area (Å²) in [7, 11) is 0.0804. The molecule has 1 N–H and O–H groups in total. The Bertz CT molecular complexity index is 1580. The molecule has 5 rings (SSSR count). The molecule has 0 amide bonds. The number of rotatable bonds is 7. The molecular weight excluding hydrogens is 479 g/mol. The molecule has 0 radical (unpaired) electrons. The first-order chi connectivity index (χ1) is 17.5. The van der Waals surface area contributed by atoms with Crippen LogP contribution in [0.4, 0.5) is 10.2 Å². The van der Waals surface area contributed by atoms with Gasteiger partial charge in [-0.3, -0.25) is 9.71 Å². The van der Waals surface area contributed by atoms with Crippen molar-refractivity contribution in [2.75, 3.05) is 11.8 Å². The molecule has 7 nitrogen and oxygen atoms in total. The van der Waals surface area contributed by atoms with Crippen LogP contribution in [0, 0.1) is 12.7 Å². The molecule has 0 aliphatic carbocycles. The summed E-state index contributed by atoms with van der Waals surface area (Å²) in [5, 5.41) is 1.75. The maximum absolute atomic E-state index is 13.6. The van der Waals surface area contributed by atoms with E-state index in [1.54, 1.807) is 56.8 Å². The van der Waals surface area contributed by atoms with Crippen LogP contribution in [-0.4, -0.2) is 26.3 Å². The summed E-state index contributed by atoms with van der Waals surface area (Å²) >= 11 is 0. The largest absolute Gasteiger partial charge is 0.496 e. The van der Waals surface area contributed by atoms with E-state index in [-0.39, 0.29) is 5.82 Å². The Morgan fingerprint density at radius 3 is 2.53 bits per heavy atom. The fourth-order valence-electron chi connectivity index (χ4n) is 3.74. The predicted molar refractivity (Wildman–Crippen MR) is 137 cm³/mol. The number of hydrogen-bond donors (Lipinski definition) is 1. The standard InChI is InChI=1S/C27H21FN4O3S/c1-17-13-19(4-8-24(17)28)35-20-3-6-23(25(15-20)34-2)27-22-7-5-21(14-18(22)9-12-30-27)36(33)32-26-10-11-29-16-31-26/h3-16H,1-2H3,(H,29,31,32). The molecule has 36 heavy (non-hydrogen) atoms. The van der Waals surface area contributed by atoms with Gasteiger partial charge in [0, 0.05) is 29.4 Å². The number of benzene rings is 3. The third kappa shape index (κ3) is 4.87. The van der Waals surface area contributed by atoms with Crippen molar-refractivity contribution in [1.82, 2.24) is 15.0 Å². The highest BCUT2D eigenvalue weighted by atomic mass is 32.2. The first kappa shape index (κ1) is 23.4. The quantitative estimate of drug-likeness (QED) is 0.292. The average molecular weight is 501 g/mol. The number of aromatic nitrogens is 3. The molecule has 0 saturated carbocycles. The van der Waals surface area contributed by atoms with Crippen molar-refractivity contribution in [3.8, 4) is 28.5 Å². The van der Waals surface area contributed by atoms with E-state index in [1.165, 1.54) is 12.4 Å². The number of aryl methyl sites for hydroxylation is 1. The second-order valence-corrected chi connectivity index (χ2v) is 9.10. The minimum absolute atomic E-state index is 0.283. The summed E-state index contributed by atoms with van der Waals surface area (Å²) in [6.07, 6.45) is 4.67. The number of halogens is 1. The van der Waals surface area contributed by atoms with Gasteiger partial charge in [-0.05, 0) is 72.5 Å². The van der Waals surface area contributed by atoms with Crippen LogP contribution in [0.15, 0.2) is 90.3 Å². The molecule has 180 valence electrons. The van der Waals surface area contributed by atoms with E-state index >= 15 is 0 Å². The van der Waals surface area contributed by atoms with E-state index in [0.717, 1.165) is 22.0 Å². The van der Waals surface area contributed by atoms with Crippen LogP contribution >= 0.6 is 0 Å². The second kappa shape index (κ2) is 10.1. The van der Waals surface area contributed by atoms with Gasteiger partial charge in [-0.15, -0.1) is 0 Å². The van der Waals surface area contributed by atoms with Gasteiger partial charge in [0.25, 0.3) is 0 Å². The van der Waals surface area contributed by atoms with Crippen LogP contribution in [0.25, 0.3) is 22.0 Å². The minimum atomic E-state index is -1.50. The molecule has 3 aromatic carbocycles. The van der Waals surface area contributed by atoms with E-state index in [4.69, 9.17) is 9.47 Å². The molecule has 2 aromatic heterocycles. The number of methoxy groups -OCH3 is 1. The van der Waals surface area contributed by atoms with Gasteiger partial charge in [0.05, 0.1) is 17.7 Å². The lowest BCUT2D eigenvalue weighted by Gasteiger charge is -2.14. The minimum Gasteiger partial charge on any atom is -0.496 e. The lowest BCUT2D eigenvalue weighted by atomic mass is 10.0.